The van der Waals surface area contributed by atoms with Gasteiger partial charge in [-0.05, 0) is 64.3 Å². The van der Waals surface area contributed by atoms with Crippen molar-refractivity contribution in [2.75, 3.05) is 13.7 Å². The molecule has 2 aromatic carbocycles. The quantitative estimate of drug-likeness (QED) is 0.358. The van der Waals surface area contributed by atoms with E-state index in [9.17, 15) is 24.3 Å². The van der Waals surface area contributed by atoms with E-state index in [1.165, 1.54) is 36.3 Å². The summed E-state index contributed by atoms with van der Waals surface area (Å²) in [4.78, 5) is 54.2. The number of esters is 1. The van der Waals surface area contributed by atoms with E-state index in [2.05, 4.69) is 15.4 Å². The smallest absolute Gasteiger partial charge is 0.408 e. The van der Waals surface area contributed by atoms with Gasteiger partial charge in [-0.1, -0.05) is 49.4 Å². The Kier molecular flexibility index (Phi) is 11.1. The fourth-order valence-electron chi connectivity index (χ4n) is 4.02. The maximum absolute atomic E-state index is 14.5. The van der Waals surface area contributed by atoms with Crippen molar-refractivity contribution in [1.29, 1.82) is 0 Å². The highest BCUT2D eigenvalue weighted by molar-refractivity contribution is 5.93. The van der Waals surface area contributed by atoms with Gasteiger partial charge in [0.15, 0.2) is 0 Å². The second-order valence-corrected chi connectivity index (χ2v) is 11.1. The van der Waals surface area contributed by atoms with Crippen LogP contribution in [0.1, 0.15) is 65.1 Å². The first kappa shape index (κ1) is 32.1. The summed E-state index contributed by atoms with van der Waals surface area (Å²) >= 11 is 0. The zero-order chi connectivity index (χ0) is 30.1. The van der Waals surface area contributed by atoms with E-state index >= 15 is 0 Å². The van der Waals surface area contributed by atoms with Crippen LogP contribution in [0, 0.1) is 0 Å². The molecule has 0 fully saturated rings. The number of amides is 3. The van der Waals surface area contributed by atoms with Crippen LogP contribution in [0.2, 0.25) is 0 Å². The molecule has 2 unspecified atom stereocenters. The van der Waals surface area contributed by atoms with Crippen LogP contribution in [0.25, 0.3) is 0 Å². The Morgan fingerprint density at radius 1 is 0.950 bits per heavy atom. The molecule has 0 aromatic heterocycles. The lowest BCUT2D eigenvalue weighted by molar-refractivity contribution is -0.150. The van der Waals surface area contributed by atoms with Gasteiger partial charge in [-0.2, -0.15) is 0 Å². The number of phenols is 1. The van der Waals surface area contributed by atoms with Crippen LogP contribution in [0.15, 0.2) is 54.6 Å². The maximum Gasteiger partial charge on any atom is 0.408 e. The van der Waals surface area contributed by atoms with Crippen molar-refractivity contribution in [3.8, 4) is 5.75 Å². The number of nitrogens with one attached hydrogen (secondary N) is 2. The molecule has 10 heteroatoms. The van der Waals surface area contributed by atoms with Gasteiger partial charge in [-0.15, -0.1) is 0 Å². The summed E-state index contributed by atoms with van der Waals surface area (Å²) in [6.07, 6.45) is -0.170. The molecule has 0 heterocycles. The molecule has 3 amide bonds. The Labute approximate surface area is 236 Å². The number of alkyl carbamates (subject to hydrolysis) is 1. The Balaban J connectivity index is 2.63. The number of ether oxygens (including phenoxy) is 2. The zero-order valence-electron chi connectivity index (χ0n) is 24.3. The summed E-state index contributed by atoms with van der Waals surface area (Å²) in [5, 5.41) is 15.2. The largest absolute Gasteiger partial charge is 0.508 e. The normalized spacial score (nSPS) is 13.0. The molecule has 0 saturated heterocycles. The monoisotopic (exact) mass is 555 g/mol. The molecular formula is C30H41N3O7. The van der Waals surface area contributed by atoms with Crippen LogP contribution < -0.4 is 10.6 Å². The Morgan fingerprint density at radius 2 is 1.55 bits per heavy atom. The molecule has 3 N–H and O–H groups in total. The van der Waals surface area contributed by atoms with Crippen molar-refractivity contribution >= 4 is 23.9 Å². The molecule has 0 aliphatic carbocycles. The van der Waals surface area contributed by atoms with Crippen molar-refractivity contribution < 1.29 is 33.8 Å². The molecule has 0 bridgehead atoms. The lowest BCUT2D eigenvalue weighted by Gasteiger charge is -2.44. The number of carbonyl (C=O) groups excluding carboxylic acids is 4. The second kappa shape index (κ2) is 13.8. The Hall–Kier alpha value is -4.08. The summed E-state index contributed by atoms with van der Waals surface area (Å²) in [6.45, 7) is 10.3. The van der Waals surface area contributed by atoms with E-state index in [4.69, 9.17) is 4.74 Å². The Morgan fingerprint density at radius 3 is 2.08 bits per heavy atom. The SMILES string of the molecule is CCC(C)(C)N(C(=O)C(Cc1ccccc1)NC(=O)OC(C)(C)C)C(C(=O)NCC(=O)OC)c1ccc(O)cc1. The summed E-state index contributed by atoms with van der Waals surface area (Å²) in [5.74, 6) is -1.81. The number of benzene rings is 2. The second-order valence-electron chi connectivity index (χ2n) is 11.1. The number of carbonyl (C=O) groups is 4. The van der Waals surface area contributed by atoms with E-state index in [0.717, 1.165) is 5.56 Å². The van der Waals surface area contributed by atoms with Crippen LogP contribution in [0.5, 0.6) is 5.75 Å². The van der Waals surface area contributed by atoms with Crippen LogP contribution in [0.3, 0.4) is 0 Å². The highest BCUT2D eigenvalue weighted by Gasteiger charge is 2.43. The Bertz CT molecular complexity index is 1160. The van der Waals surface area contributed by atoms with Crippen molar-refractivity contribution in [2.24, 2.45) is 0 Å². The van der Waals surface area contributed by atoms with Crippen LogP contribution in [-0.2, 0) is 30.3 Å². The van der Waals surface area contributed by atoms with Crippen molar-refractivity contribution in [1.82, 2.24) is 15.5 Å². The van der Waals surface area contributed by atoms with Gasteiger partial charge in [0, 0.05) is 12.0 Å². The minimum Gasteiger partial charge on any atom is -0.508 e. The van der Waals surface area contributed by atoms with E-state index < -0.39 is 53.6 Å². The van der Waals surface area contributed by atoms with E-state index in [1.807, 2.05) is 51.1 Å². The molecule has 0 spiro atoms. The summed E-state index contributed by atoms with van der Waals surface area (Å²) in [5.41, 5.74) is -0.477. The van der Waals surface area contributed by atoms with Crippen LogP contribution >= 0.6 is 0 Å². The topological polar surface area (TPSA) is 134 Å². The third kappa shape index (κ3) is 9.29. The minimum atomic E-state index is -1.20. The number of methoxy groups -OCH3 is 1. The van der Waals surface area contributed by atoms with E-state index in [1.54, 1.807) is 20.8 Å². The highest BCUT2D eigenvalue weighted by Crippen LogP contribution is 2.33. The van der Waals surface area contributed by atoms with Gasteiger partial charge in [-0.25, -0.2) is 4.79 Å². The molecule has 0 aliphatic rings. The molecule has 40 heavy (non-hydrogen) atoms. The van der Waals surface area contributed by atoms with Gasteiger partial charge in [0.1, 0.15) is 30.0 Å². The molecule has 2 rings (SSSR count). The fraction of sp³-hybridized carbons (Fsp3) is 0.467. The third-order valence-corrected chi connectivity index (χ3v) is 6.38. The molecule has 0 aliphatic heterocycles. The minimum absolute atomic E-state index is 0.0151. The van der Waals surface area contributed by atoms with Gasteiger partial charge in [0.05, 0.1) is 7.11 Å². The maximum atomic E-state index is 14.5. The molecule has 218 valence electrons. The van der Waals surface area contributed by atoms with Crippen molar-refractivity contribution in [3.05, 3.63) is 65.7 Å². The van der Waals surface area contributed by atoms with Crippen molar-refractivity contribution in [3.63, 3.8) is 0 Å². The first-order valence-electron chi connectivity index (χ1n) is 13.2. The lowest BCUT2D eigenvalue weighted by atomic mass is 9.91. The molecule has 0 radical (unpaired) electrons. The number of hydrogen-bond acceptors (Lipinski definition) is 7. The van der Waals surface area contributed by atoms with Gasteiger partial charge < -0.3 is 30.1 Å². The van der Waals surface area contributed by atoms with Gasteiger partial charge in [0.25, 0.3) is 0 Å². The number of phenolic OH excluding ortho intramolecular Hbond substituents is 1. The van der Waals surface area contributed by atoms with Crippen LogP contribution in [-0.4, -0.2) is 64.7 Å². The first-order valence-corrected chi connectivity index (χ1v) is 13.2. The molecule has 2 atom stereocenters. The van der Waals surface area contributed by atoms with Gasteiger partial charge in [-0.3, -0.25) is 14.4 Å². The predicted octanol–water partition coefficient (Wildman–Crippen LogP) is 3.88. The number of nitrogens with zero attached hydrogens (tertiary/aromatic N) is 1. The number of rotatable bonds is 11. The average molecular weight is 556 g/mol. The highest BCUT2D eigenvalue weighted by atomic mass is 16.6. The first-order chi connectivity index (χ1) is 18.7. The zero-order valence-corrected chi connectivity index (χ0v) is 24.3. The van der Waals surface area contributed by atoms with Gasteiger partial charge in [0.2, 0.25) is 11.8 Å². The summed E-state index contributed by atoms with van der Waals surface area (Å²) in [6, 6.07) is 12.8. The number of hydrogen-bond donors (Lipinski definition) is 3. The molecule has 10 nitrogen and oxygen atoms in total. The fourth-order valence-corrected chi connectivity index (χ4v) is 4.02. The molecule has 0 saturated carbocycles. The lowest BCUT2D eigenvalue weighted by Crippen LogP contribution is -2.60. The van der Waals surface area contributed by atoms with Crippen molar-refractivity contribution in [2.45, 2.75) is 77.6 Å². The predicted molar refractivity (Wildman–Crippen MR) is 150 cm³/mol. The molecule has 2 aromatic rings. The average Bonchev–Trinajstić information content (AvgIpc) is 2.89. The summed E-state index contributed by atoms with van der Waals surface area (Å²) < 4.78 is 10.1. The van der Waals surface area contributed by atoms with Gasteiger partial charge >= 0.3 is 12.1 Å². The summed E-state index contributed by atoms with van der Waals surface area (Å²) in [7, 11) is 1.21. The molecular weight excluding hydrogens is 514 g/mol. The standard InChI is InChI=1S/C30H41N3O7/c1-8-30(5,6)33(25(21-14-16-22(34)17-15-21)26(36)31-19-24(35)39-7)27(37)23(18-20-12-10-9-11-13-20)32-28(38)40-29(2,3)4/h9-17,23,25,34H,8,18-19H2,1-7H3,(H,31,36)(H,32,38). The van der Waals surface area contributed by atoms with Crippen LogP contribution in [0.4, 0.5) is 4.79 Å². The van der Waals surface area contributed by atoms with E-state index in [0.29, 0.717) is 12.0 Å². The number of aromatic hydroxyl groups is 1. The van der Waals surface area contributed by atoms with E-state index in [-0.39, 0.29) is 12.2 Å². The third-order valence-electron chi connectivity index (χ3n) is 6.38.